The maximum atomic E-state index is 12.4. The highest BCUT2D eigenvalue weighted by Crippen LogP contribution is 2.24. The molecule has 1 amide bonds. The molecule has 22 heavy (non-hydrogen) atoms. The Morgan fingerprint density at radius 2 is 2.18 bits per heavy atom. The van der Waals surface area contributed by atoms with Gasteiger partial charge in [-0.2, -0.15) is 0 Å². The second kappa shape index (κ2) is 7.57. The van der Waals surface area contributed by atoms with Crippen LogP contribution in [-0.4, -0.2) is 60.6 Å². The Bertz CT molecular complexity index is 467. The van der Waals surface area contributed by atoms with Gasteiger partial charge in [0.15, 0.2) is 0 Å². The minimum absolute atomic E-state index is 0.209. The van der Waals surface area contributed by atoms with Gasteiger partial charge in [-0.05, 0) is 30.7 Å². The van der Waals surface area contributed by atoms with E-state index in [9.17, 15) is 4.79 Å². The summed E-state index contributed by atoms with van der Waals surface area (Å²) in [5.41, 5.74) is 0. The van der Waals surface area contributed by atoms with Gasteiger partial charge in [0.25, 0.3) is 5.91 Å². The van der Waals surface area contributed by atoms with E-state index in [4.69, 9.17) is 4.74 Å². The zero-order chi connectivity index (χ0) is 15.4. The van der Waals surface area contributed by atoms with Crippen molar-refractivity contribution < 1.29 is 9.53 Å². The number of morpholine rings is 1. The SMILES string of the molecule is CCC[C@H]1COCCN1C1CCN(C(=O)c2cccs2)CC1. The molecule has 0 radical (unpaired) electrons. The third-order valence-corrected chi connectivity index (χ3v) is 5.71. The van der Waals surface area contributed by atoms with E-state index in [0.717, 1.165) is 50.6 Å². The molecule has 1 aromatic heterocycles. The van der Waals surface area contributed by atoms with E-state index in [-0.39, 0.29) is 5.91 Å². The Balaban J connectivity index is 1.55. The van der Waals surface area contributed by atoms with Crippen molar-refractivity contribution in [1.82, 2.24) is 9.80 Å². The average Bonchev–Trinajstić information content (AvgIpc) is 3.10. The molecule has 4 nitrogen and oxygen atoms in total. The lowest BCUT2D eigenvalue weighted by molar-refractivity contribution is -0.0427. The number of nitrogens with zero attached hydrogens (tertiary/aromatic N) is 2. The van der Waals surface area contributed by atoms with Crippen LogP contribution in [0.15, 0.2) is 17.5 Å². The number of likely N-dealkylation sites (tertiary alicyclic amines) is 1. The lowest BCUT2D eigenvalue weighted by Gasteiger charge is -2.44. The molecule has 3 rings (SSSR count). The van der Waals surface area contributed by atoms with Crippen molar-refractivity contribution in [1.29, 1.82) is 0 Å². The summed E-state index contributed by atoms with van der Waals surface area (Å²) >= 11 is 1.54. The molecule has 0 N–H and O–H groups in total. The molecule has 0 saturated carbocycles. The monoisotopic (exact) mass is 322 g/mol. The highest BCUT2D eigenvalue weighted by molar-refractivity contribution is 7.12. The van der Waals surface area contributed by atoms with E-state index >= 15 is 0 Å². The first-order valence-electron chi connectivity index (χ1n) is 8.46. The van der Waals surface area contributed by atoms with Gasteiger partial charge in [-0.15, -0.1) is 11.3 Å². The summed E-state index contributed by atoms with van der Waals surface area (Å²) in [6.45, 7) is 6.80. The van der Waals surface area contributed by atoms with Crippen LogP contribution in [0, 0.1) is 0 Å². The summed E-state index contributed by atoms with van der Waals surface area (Å²) in [7, 11) is 0. The largest absolute Gasteiger partial charge is 0.378 e. The summed E-state index contributed by atoms with van der Waals surface area (Å²) in [5, 5.41) is 1.98. The minimum Gasteiger partial charge on any atom is -0.378 e. The van der Waals surface area contributed by atoms with Crippen LogP contribution < -0.4 is 0 Å². The van der Waals surface area contributed by atoms with Gasteiger partial charge in [0, 0.05) is 31.7 Å². The molecule has 1 atom stereocenters. The van der Waals surface area contributed by atoms with E-state index in [1.165, 1.54) is 12.8 Å². The third kappa shape index (κ3) is 3.53. The normalized spacial score (nSPS) is 24.6. The Labute approximate surface area is 137 Å². The van der Waals surface area contributed by atoms with E-state index in [1.807, 2.05) is 22.4 Å². The number of amides is 1. The van der Waals surface area contributed by atoms with Crippen LogP contribution in [0.1, 0.15) is 42.3 Å². The fraction of sp³-hybridized carbons (Fsp3) is 0.706. The van der Waals surface area contributed by atoms with Crippen molar-refractivity contribution in [3.05, 3.63) is 22.4 Å². The maximum absolute atomic E-state index is 12.4. The summed E-state index contributed by atoms with van der Waals surface area (Å²) in [6.07, 6.45) is 4.61. The molecule has 2 aliphatic heterocycles. The number of carbonyl (C=O) groups is 1. The van der Waals surface area contributed by atoms with Gasteiger partial charge in [-0.1, -0.05) is 19.4 Å². The number of thiophene rings is 1. The van der Waals surface area contributed by atoms with E-state index < -0.39 is 0 Å². The first-order valence-corrected chi connectivity index (χ1v) is 9.34. The first-order chi connectivity index (χ1) is 10.8. The van der Waals surface area contributed by atoms with Crippen LogP contribution >= 0.6 is 11.3 Å². The Morgan fingerprint density at radius 1 is 1.36 bits per heavy atom. The molecule has 0 aromatic carbocycles. The maximum Gasteiger partial charge on any atom is 0.263 e. The van der Waals surface area contributed by atoms with Crippen LogP contribution in [-0.2, 0) is 4.74 Å². The summed E-state index contributed by atoms with van der Waals surface area (Å²) in [4.78, 5) is 18.0. The van der Waals surface area contributed by atoms with E-state index in [0.29, 0.717) is 12.1 Å². The first kappa shape index (κ1) is 16.0. The minimum atomic E-state index is 0.209. The van der Waals surface area contributed by atoms with E-state index in [2.05, 4.69) is 11.8 Å². The summed E-state index contributed by atoms with van der Waals surface area (Å²) < 4.78 is 5.66. The predicted octanol–water partition coefficient (Wildman–Crippen LogP) is 2.85. The summed E-state index contributed by atoms with van der Waals surface area (Å²) in [6, 6.07) is 5.07. The Morgan fingerprint density at radius 3 is 2.86 bits per heavy atom. The Kier molecular flexibility index (Phi) is 5.50. The van der Waals surface area contributed by atoms with Crippen LogP contribution in [0.3, 0.4) is 0 Å². The van der Waals surface area contributed by atoms with Gasteiger partial charge in [0.05, 0.1) is 18.1 Å². The molecular formula is C17H26N2O2S. The molecule has 3 heterocycles. The molecule has 2 aliphatic rings. The van der Waals surface area contributed by atoms with Crippen LogP contribution in [0.2, 0.25) is 0 Å². The molecule has 5 heteroatoms. The number of hydrogen-bond donors (Lipinski definition) is 0. The highest BCUT2D eigenvalue weighted by Gasteiger charge is 2.32. The molecule has 0 aliphatic carbocycles. The van der Waals surface area contributed by atoms with Gasteiger partial charge in [-0.25, -0.2) is 0 Å². The van der Waals surface area contributed by atoms with Crippen LogP contribution in [0.25, 0.3) is 0 Å². The van der Waals surface area contributed by atoms with Gasteiger partial charge in [0.2, 0.25) is 0 Å². The van der Waals surface area contributed by atoms with Crippen molar-refractivity contribution in [2.75, 3.05) is 32.8 Å². The molecule has 0 spiro atoms. The number of rotatable bonds is 4. The predicted molar refractivity (Wildman–Crippen MR) is 89.5 cm³/mol. The average molecular weight is 322 g/mol. The Hall–Kier alpha value is -0.910. The fourth-order valence-corrected chi connectivity index (χ4v) is 4.38. The van der Waals surface area contributed by atoms with Gasteiger partial charge in [-0.3, -0.25) is 9.69 Å². The molecular weight excluding hydrogens is 296 g/mol. The van der Waals surface area contributed by atoms with Gasteiger partial charge in [0.1, 0.15) is 0 Å². The molecule has 2 fully saturated rings. The zero-order valence-corrected chi connectivity index (χ0v) is 14.2. The van der Waals surface area contributed by atoms with Crippen molar-refractivity contribution >= 4 is 17.2 Å². The molecule has 1 aromatic rings. The quantitative estimate of drug-likeness (QED) is 0.854. The van der Waals surface area contributed by atoms with Gasteiger partial charge < -0.3 is 9.64 Å². The summed E-state index contributed by atoms with van der Waals surface area (Å²) in [5.74, 6) is 0.209. The smallest absolute Gasteiger partial charge is 0.263 e. The van der Waals surface area contributed by atoms with E-state index in [1.54, 1.807) is 11.3 Å². The van der Waals surface area contributed by atoms with Crippen molar-refractivity contribution in [3.63, 3.8) is 0 Å². The van der Waals surface area contributed by atoms with Gasteiger partial charge >= 0.3 is 0 Å². The fourth-order valence-electron chi connectivity index (χ4n) is 3.69. The lowest BCUT2D eigenvalue weighted by Crippen LogP contribution is -2.54. The van der Waals surface area contributed by atoms with Crippen molar-refractivity contribution in [3.8, 4) is 0 Å². The highest BCUT2D eigenvalue weighted by atomic mass is 32.1. The molecule has 2 saturated heterocycles. The lowest BCUT2D eigenvalue weighted by atomic mass is 9.98. The number of ether oxygens (including phenoxy) is 1. The molecule has 0 bridgehead atoms. The third-order valence-electron chi connectivity index (χ3n) is 4.85. The second-order valence-electron chi connectivity index (χ2n) is 6.26. The zero-order valence-electron chi connectivity index (χ0n) is 13.4. The van der Waals surface area contributed by atoms with Crippen LogP contribution in [0.5, 0.6) is 0 Å². The molecule has 0 unspecified atom stereocenters. The van der Waals surface area contributed by atoms with Crippen molar-refractivity contribution in [2.24, 2.45) is 0 Å². The topological polar surface area (TPSA) is 32.8 Å². The van der Waals surface area contributed by atoms with Crippen LogP contribution in [0.4, 0.5) is 0 Å². The molecule has 122 valence electrons. The number of piperidine rings is 1. The number of hydrogen-bond acceptors (Lipinski definition) is 4. The van der Waals surface area contributed by atoms with Crippen molar-refractivity contribution in [2.45, 2.75) is 44.7 Å². The standard InChI is InChI=1S/C17H26N2O2S/c1-2-4-15-13-21-11-10-19(15)14-6-8-18(9-7-14)17(20)16-5-3-12-22-16/h3,5,12,14-15H,2,4,6-11,13H2,1H3/t15-/m0/s1. The number of carbonyl (C=O) groups excluding carboxylic acids is 1. The second-order valence-corrected chi connectivity index (χ2v) is 7.20.